The monoisotopic (exact) mass is 443 g/mol. The van der Waals surface area contributed by atoms with Crippen molar-refractivity contribution in [3.63, 3.8) is 0 Å². The first kappa shape index (κ1) is 20.1. The first-order valence-corrected chi connectivity index (χ1v) is 9.59. The summed E-state index contributed by atoms with van der Waals surface area (Å²) in [6.45, 7) is 0. The number of imidazole rings is 1. The first-order chi connectivity index (χ1) is 15.4. The van der Waals surface area contributed by atoms with Crippen molar-refractivity contribution in [3.05, 3.63) is 54.0 Å². The Hall–Kier alpha value is -3.83. The summed E-state index contributed by atoms with van der Waals surface area (Å²) in [5.74, 6) is -1.00. The Morgan fingerprint density at radius 3 is 2.56 bits per heavy atom. The van der Waals surface area contributed by atoms with E-state index in [4.69, 9.17) is 9.47 Å². The Balaban J connectivity index is 1.51. The van der Waals surface area contributed by atoms with E-state index in [1.165, 1.54) is 20.3 Å². The largest absolute Gasteiger partial charge is 0.480 e. The molecule has 2 atom stereocenters. The number of methoxy groups -OCH3 is 2. The van der Waals surface area contributed by atoms with E-state index in [0.29, 0.717) is 34.9 Å². The van der Waals surface area contributed by atoms with Crippen LogP contribution in [0, 0.1) is 0 Å². The maximum absolute atomic E-state index is 13.0. The quantitative estimate of drug-likeness (QED) is 0.463. The van der Waals surface area contributed by atoms with Crippen molar-refractivity contribution in [3.8, 4) is 23.1 Å². The Labute approximate surface area is 179 Å². The van der Waals surface area contributed by atoms with E-state index in [9.17, 15) is 13.2 Å². The third kappa shape index (κ3) is 3.37. The highest BCUT2D eigenvalue weighted by atomic mass is 19.4. The van der Waals surface area contributed by atoms with Crippen LogP contribution in [0.25, 0.3) is 16.9 Å². The maximum atomic E-state index is 13.0. The number of ether oxygens (including phenoxy) is 2. The van der Waals surface area contributed by atoms with Crippen molar-refractivity contribution in [2.24, 2.45) is 0 Å². The summed E-state index contributed by atoms with van der Waals surface area (Å²) in [4.78, 5) is 19.9. The number of hydrogen-bond acceptors (Lipinski definition) is 8. The van der Waals surface area contributed by atoms with Gasteiger partial charge in [0.2, 0.25) is 11.7 Å². The smallest absolute Gasteiger partial charge is 0.451 e. The average molecular weight is 443 g/mol. The van der Waals surface area contributed by atoms with Crippen LogP contribution in [-0.2, 0) is 6.18 Å². The third-order valence-corrected chi connectivity index (χ3v) is 5.32. The standard InChI is InChI=1S/C20H16F3N7O2/c1-31-17-13(8-26-19(29-17)32-2)15-9-25-16-10(3-6-27-30(15)16)11-7-12(11)14-4-5-24-18(28-14)20(21,22)23/h3-6,8-9,11-12H,7H2,1-2H3/t11-,12+/m1/s1. The fraction of sp³-hybridized carbons (Fsp3) is 0.300. The number of rotatable bonds is 5. The normalized spacial score (nSPS) is 18.0. The molecule has 0 spiro atoms. The van der Waals surface area contributed by atoms with Gasteiger partial charge in [-0.25, -0.2) is 24.5 Å². The van der Waals surface area contributed by atoms with Gasteiger partial charge < -0.3 is 9.47 Å². The molecule has 1 aliphatic rings. The first-order valence-electron chi connectivity index (χ1n) is 9.59. The molecule has 32 heavy (non-hydrogen) atoms. The van der Waals surface area contributed by atoms with E-state index in [1.54, 1.807) is 23.1 Å². The van der Waals surface area contributed by atoms with Gasteiger partial charge in [0, 0.05) is 35.8 Å². The van der Waals surface area contributed by atoms with Crippen LogP contribution in [0.1, 0.15) is 35.3 Å². The second kappa shape index (κ2) is 7.39. The predicted octanol–water partition coefficient (Wildman–Crippen LogP) is 3.28. The molecule has 4 aromatic rings. The van der Waals surface area contributed by atoms with Crippen molar-refractivity contribution >= 4 is 5.65 Å². The Morgan fingerprint density at radius 2 is 1.81 bits per heavy atom. The summed E-state index contributed by atoms with van der Waals surface area (Å²) in [7, 11) is 2.94. The van der Waals surface area contributed by atoms with E-state index < -0.39 is 12.0 Å². The van der Waals surface area contributed by atoms with Gasteiger partial charge in [-0.1, -0.05) is 0 Å². The molecule has 0 unspecified atom stereocenters. The zero-order valence-corrected chi connectivity index (χ0v) is 16.9. The molecular weight excluding hydrogens is 427 g/mol. The lowest BCUT2D eigenvalue weighted by atomic mass is 10.1. The molecule has 0 saturated heterocycles. The summed E-state index contributed by atoms with van der Waals surface area (Å²) in [5.41, 5.74) is 3.02. The SMILES string of the molecule is COc1ncc(-c2cnc3c([C@H]4C[C@@H]4c4ccnc(C(F)(F)F)n4)ccnn23)c(OC)n1. The minimum atomic E-state index is -4.58. The van der Waals surface area contributed by atoms with E-state index in [-0.39, 0.29) is 17.8 Å². The van der Waals surface area contributed by atoms with Gasteiger partial charge in [0.1, 0.15) is 0 Å². The minimum absolute atomic E-state index is 0.0271. The summed E-state index contributed by atoms with van der Waals surface area (Å²) >= 11 is 0. The summed E-state index contributed by atoms with van der Waals surface area (Å²) in [6, 6.07) is 3.51. The lowest BCUT2D eigenvalue weighted by molar-refractivity contribution is -0.145. The van der Waals surface area contributed by atoms with Crippen molar-refractivity contribution in [1.29, 1.82) is 0 Å². The van der Waals surface area contributed by atoms with Gasteiger partial charge in [-0.3, -0.25) is 0 Å². The summed E-state index contributed by atoms with van der Waals surface area (Å²) in [5, 5.41) is 4.39. The molecule has 1 saturated carbocycles. The van der Waals surface area contributed by atoms with Crippen LogP contribution in [0.15, 0.2) is 36.9 Å². The zero-order valence-electron chi connectivity index (χ0n) is 16.9. The molecule has 12 heteroatoms. The molecule has 9 nitrogen and oxygen atoms in total. The lowest BCUT2D eigenvalue weighted by Gasteiger charge is -2.09. The van der Waals surface area contributed by atoms with E-state index in [0.717, 1.165) is 11.8 Å². The molecular formula is C20H16F3N7O2. The Kier molecular flexibility index (Phi) is 4.64. The van der Waals surface area contributed by atoms with Crippen molar-refractivity contribution in [2.45, 2.75) is 24.4 Å². The molecule has 0 aromatic carbocycles. The van der Waals surface area contributed by atoms with Crippen LogP contribution in [-0.4, -0.2) is 48.8 Å². The fourth-order valence-electron chi connectivity index (χ4n) is 3.75. The van der Waals surface area contributed by atoms with E-state index in [2.05, 4.69) is 30.0 Å². The van der Waals surface area contributed by atoms with Gasteiger partial charge in [0.25, 0.3) is 0 Å². The molecule has 5 rings (SSSR count). The van der Waals surface area contributed by atoms with Gasteiger partial charge in [0.05, 0.1) is 31.7 Å². The fourth-order valence-corrected chi connectivity index (χ4v) is 3.75. The van der Waals surface area contributed by atoms with Gasteiger partial charge in [-0.2, -0.15) is 23.3 Å². The average Bonchev–Trinajstić information content (AvgIpc) is 3.49. The van der Waals surface area contributed by atoms with Gasteiger partial charge in [-0.15, -0.1) is 0 Å². The van der Waals surface area contributed by atoms with Crippen molar-refractivity contribution in [2.75, 3.05) is 14.2 Å². The van der Waals surface area contributed by atoms with Crippen LogP contribution < -0.4 is 9.47 Å². The van der Waals surface area contributed by atoms with Crippen LogP contribution in [0.2, 0.25) is 0 Å². The number of aromatic nitrogens is 7. The molecule has 4 aromatic heterocycles. The number of halogens is 3. The molecule has 0 amide bonds. The third-order valence-electron chi connectivity index (χ3n) is 5.32. The Morgan fingerprint density at radius 1 is 0.969 bits per heavy atom. The minimum Gasteiger partial charge on any atom is -0.480 e. The Bertz CT molecular complexity index is 1310. The molecule has 0 bridgehead atoms. The zero-order chi connectivity index (χ0) is 22.5. The molecule has 164 valence electrons. The molecule has 0 radical (unpaired) electrons. The highest BCUT2D eigenvalue weighted by Crippen LogP contribution is 2.55. The van der Waals surface area contributed by atoms with Gasteiger partial charge in [-0.05, 0) is 24.5 Å². The number of nitrogens with zero attached hydrogens (tertiary/aromatic N) is 7. The number of alkyl halides is 3. The second-order valence-electron chi connectivity index (χ2n) is 7.20. The van der Waals surface area contributed by atoms with Gasteiger partial charge in [0.15, 0.2) is 5.65 Å². The van der Waals surface area contributed by atoms with Gasteiger partial charge >= 0.3 is 12.2 Å². The summed E-state index contributed by atoms with van der Waals surface area (Å²) < 4.78 is 51.0. The van der Waals surface area contributed by atoms with Crippen molar-refractivity contribution in [1.82, 2.24) is 34.5 Å². The lowest BCUT2D eigenvalue weighted by Crippen LogP contribution is -2.11. The molecule has 1 fully saturated rings. The molecule has 0 N–H and O–H groups in total. The predicted molar refractivity (Wildman–Crippen MR) is 104 cm³/mol. The second-order valence-corrected chi connectivity index (χ2v) is 7.20. The van der Waals surface area contributed by atoms with E-state index in [1.807, 2.05) is 6.07 Å². The van der Waals surface area contributed by atoms with Crippen LogP contribution in [0.5, 0.6) is 11.9 Å². The van der Waals surface area contributed by atoms with E-state index >= 15 is 0 Å². The number of hydrogen-bond donors (Lipinski definition) is 0. The molecule has 1 aliphatic carbocycles. The molecule has 4 heterocycles. The topological polar surface area (TPSA) is 100 Å². The van der Waals surface area contributed by atoms with Crippen molar-refractivity contribution < 1.29 is 22.6 Å². The number of fused-ring (bicyclic) bond motifs is 1. The highest BCUT2D eigenvalue weighted by molar-refractivity contribution is 5.68. The van der Waals surface area contributed by atoms with Crippen LogP contribution >= 0.6 is 0 Å². The van der Waals surface area contributed by atoms with Crippen LogP contribution in [0.4, 0.5) is 13.2 Å². The highest BCUT2D eigenvalue weighted by Gasteiger charge is 2.44. The van der Waals surface area contributed by atoms with Crippen LogP contribution in [0.3, 0.4) is 0 Å². The summed E-state index contributed by atoms with van der Waals surface area (Å²) in [6.07, 6.45) is 2.03. The molecule has 0 aliphatic heterocycles. The maximum Gasteiger partial charge on any atom is 0.451 e.